The Bertz CT molecular complexity index is 3240. The molecule has 1 aromatic heterocycles. The van der Waals surface area contributed by atoms with E-state index in [9.17, 15) is 0 Å². The monoisotopic (exact) mass is 770 g/mol. The average molecular weight is 771 g/mol. The van der Waals surface area contributed by atoms with Crippen molar-refractivity contribution in [2.24, 2.45) is 0 Å². The summed E-state index contributed by atoms with van der Waals surface area (Å²) in [5, 5.41) is 6.76. The van der Waals surface area contributed by atoms with E-state index in [1.54, 1.807) is 0 Å². The first kappa shape index (κ1) is 33.9. The SMILES string of the molecule is O=P(c1ccc(-c2nc(-c3ccccc3)nc3c2C2(c4ccccc4-c4ccccc42)c2ccccc2-3)cc1)(c1ccc2ccccc2c1)c1ccc2ccccc2c1. The van der Waals surface area contributed by atoms with Crippen molar-refractivity contribution in [2.45, 2.75) is 5.41 Å². The number of hydrogen-bond acceptors (Lipinski definition) is 3. The Morgan fingerprint density at radius 1 is 0.356 bits per heavy atom. The van der Waals surface area contributed by atoms with Crippen LogP contribution in [0.2, 0.25) is 0 Å². The molecule has 2 aliphatic carbocycles. The molecule has 0 N–H and O–H groups in total. The molecule has 0 saturated heterocycles. The van der Waals surface area contributed by atoms with Crippen LogP contribution in [0.5, 0.6) is 0 Å². The second-order valence-electron chi connectivity index (χ2n) is 15.6. The van der Waals surface area contributed by atoms with Crippen LogP contribution in [0.4, 0.5) is 0 Å². The average Bonchev–Trinajstić information content (AvgIpc) is 3.78. The maximum Gasteiger partial charge on any atom is 0.171 e. The van der Waals surface area contributed by atoms with E-state index < -0.39 is 12.6 Å². The normalized spacial score (nSPS) is 13.3. The van der Waals surface area contributed by atoms with Crippen LogP contribution in [0.25, 0.3) is 66.6 Å². The predicted molar refractivity (Wildman–Crippen MR) is 244 cm³/mol. The van der Waals surface area contributed by atoms with Gasteiger partial charge in [0.1, 0.15) is 0 Å². The molecule has 0 atom stereocenters. The van der Waals surface area contributed by atoms with E-state index >= 15 is 4.57 Å². The zero-order valence-corrected chi connectivity index (χ0v) is 32.9. The van der Waals surface area contributed by atoms with Crippen LogP contribution in [0.3, 0.4) is 0 Å². The topological polar surface area (TPSA) is 42.9 Å². The standard InChI is InChI=1S/C55H35N2OP/c58-59(43-32-26-36-14-4-6-18-40(36)34-43,44-33-27-37-15-5-7-19-41(37)35-44)42-30-28-38(29-31-42)52-51-53(57-54(56-52)39-16-2-1-3-17-39)47-22-10-13-25-50(47)55(51)48-23-11-8-20-45(48)46-21-9-12-24-49(46)55/h1-35H. The molecular formula is C55H35N2OP. The molecule has 0 unspecified atom stereocenters. The molecule has 10 aromatic rings. The minimum absolute atomic E-state index is 0.631. The third kappa shape index (κ3) is 4.86. The summed E-state index contributed by atoms with van der Waals surface area (Å²) in [4.78, 5) is 11.0. The molecule has 12 rings (SSSR count). The van der Waals surface area contributed by atoms with Gasteiger partial charge in [0, 0.05) is 38.2 Å². The molecule has 3 nitrogen and oxygen atoms in total. The number of fused-ring (bicyclic) bond motifs is 12. The van der Waals surface area contributed by atoms with Gasteiger partial charge in [-0.1, -0.05) is 200 Å². The van der Waals surface area contributed by atoms with Crippen molar-refractivity contribution < 1.29 is 4.57 Å². The number of benzene rings is 9. The van der Waals surface area contributed by atoms with E-state index in [0.29, 0.717) is 5.82 Å². The van der Waals surface area contributed by atoms with Crippen LogP contribution >= 0.6 is 7.14 Å². The van der Waals surface area contributed by atoms with E-state index in [-0.39, 0.29) is 0 Å². The van der Waals surface area contributed by atoms with Crippen LogP contribution in [0.1, 0.15) is 22.3 Å². The largest absolute Gasteiger partial charge is 0.309 e. The number of nitrogens with zero attached hydrogens (tertiary/aromatic N) is 2. The molecule has 0 saturated carbocycles. The minimum atomic E-state index is -3.36. The van der Waals surface area contributed by atoms with Gasteiger partial charge in [-0.3, -0.25) is 0 Å². The molecule has 4 heteroatoms. The van der Waals surface area contributed by atoms with Crippen LogP contribution in [0, 0.1) is 0 Å². The van der Waals surface area contributed by atoms with Crippen molar-refractivity contribution in [1.29, 1.82) is 0 Å². The van der Waals surface area contributed by atoms with Gasteiger partial charge in [-0.2, -0.15) is 0 Å². The maximum absolute atomic E-state index is 16.2. The Morgan fingerprint density at radius 2 is 0.797 bits per heavy atom. The molecule has 1 spiro atoms. The first-order valence-corrected chi connectivity index (χ1v) is 21.8. The molecule has 2 aliphatic rings. The highest BCUT2D eigenvalue weighted by atomic mass is 31.2. The molecule has 276 valence electrons. The van der Waals surface area contributed by atoms with Crippen LogP contribution in [-0.2, 0) is 9.98 Å². The third-order valence-electron chi connectivity index (χ3n) is 12.6. The van der Waals surface area contributed by atoms with E-state index in [1.165, 1.54) is 27.8 Å². The van der Waals surface area contributed by atoms with Crippen molar-refractivity contribution >= 4 is 44.6 Å². The Balaban J connectivity index is 1.12. The van der Waals surface area contributed by atoms with Gasteiger partial charge in [0.15, 0.2) is 13.0 Å². The summed E-state index contributed by atoms with van der Waals surface area (Å²) in [6.07, 6.45) is 0. The van der Waals surface area contributed by atoms with Gasteiger partial charge in [-0.05, 0) is 61.5 Å². The summed E-state index contributed by atoms with van der Waals surface area (Å²) in [6.45, 7) is 0. The second kappa shape index (κ2) is 12.9. The summed E-state index contributed by atoms with van der Waals surface area (Å²) < 4.78 is 16.2. The van der Waals surface area contributed by atoms with Gasteiger partial charge in [0.05, 0.1) is 16.8 Å². The smallest absolute Gasteiger partial charge is 0.171 e. The molecule has 0 fully saturated rings. The summed E-state index contributed by atoms with van der Waals surface area (Å²) in [6, 6.07) is 74.1. The lowest BCUT2D eigenvalue weighted by Gasteiger charge is -2.31. The van der Waals surface area contributed by atoms with E-state index in [1.807, 2.05) is 54.6 Å². The van der Waals surface area contributed by atoms with Crippen LogP contribution in [-0.4, -0.2) is 9.97 Å². The summed E-state index contributed by atoms with van der Waals surface area (Å²) in [5.74, 6) is 0.674. The minimum Gasteiger partial charge on any atom is -0.309 e. The lowest BCUT2D eigenvalue weighted by Crippen LogP contribution is -2.27. The molecule has 0 aliphatic heterocycles. The fraction of sp³-hybridized carbons (Fsp3) is 0.0182. The van der Waals surface area contributed by atoms with Crippen molar-refractivity contribution in [3.05, 3.63) is 235 Å². The van der Waals surface area contributed by atoms with Crippen LogP contribution in [0.15, 0.2) is 212 Å². The maximum atomic E-state index is 16.2. The summed E-state index contributed by atoms with van der Waals surface area (Å²) in [7, 11) is -3.36. The van der Waals surface area contributed by atoms with E-state index in [2.05, 4.69) is 158 Å². The molecule has 0 radical (unpaired) electrons. The molecule has 0 bridgehead atoms. The number of aromatic nitrogens is 2. The van der Waals surface area contributed by atoms with Gasteiger partial charge in [0.2, 0.25) is 0 Å². The fourth-order valence-electron chi connectivity index (χ4n) is 9.90. The molecular weight excluding hydrogens is 736 g/mol. The quantitative estimate of drug-likeness (QED) is 0.164. The highest BCUT2D eigenvalue weighted by Gasteiger charge is 2.54. The zero-order chi connectivity index (χ0) is 39.1. The first-order chi connectivity index (χ1) is 29.1. The van der Waals surface area contributed by atoms with Crippen molar-refractivity contribution in [3.63, 3.8) is 0 Å². The Labute approximate surface area is 342 Å². The highest BCUT2D eigenvalue weighted by Crippen LogP contribution is 2.64. The molecule has 59 heavy (non-hydrogen) atoms. The Morgan fingerprint density at radius 3 is 1.37 bits per heavy atom. The van der Waals surface area contributed by atoms with Crippen LogP contribution < -0.4 is 15.9 Å². The first-order valence-electron chi connectivity index (χ1n) is 20.1. The number of hydrogen-bond donors (Lipinski definition) is 0. The molecule has 0 amide bonds. The zero-order valence-electron chi connectivity index (χ0n) is 32.0. The van der Waals surface area contributed by atoms with Gasteiger partial charge in [0.25, 0.3) is 0 Å². The van der Waals surface area contributed by atoms with Gasteiger partial charge < -0.3 is 4.57 Å². The summed E-state index contributed by atoms with van der Waals surface area (Å²) in [5.41, 5.74) is 11.4. The molecule has 9 aromatic carbocycles. The Kier molecular flexibility index (Phi) is 7.42. The highest BCUT2D eigenvalue weighted by molar-refractivity contribution is 7.85. The van der Waals surface area contributed by atoms with Gasteiger partial charge in [-0.15, -0.1) is 0 Å². The second-order valence-corrected chi connectivity index (χ2v) is 18.4. The van der Waals surface area contributed by atoms with Crippen molar-refractivity contribution in [2.75, 3.05) is 0 Å². The Hall–Kier alpha value is -7.19. The lowest BCUT2D eigenvalue weighted by molar-refractivity contribution is 0.592. The molecule has 1 heterocycles. The fourth-order valence-corrected chi connectivity index (χ4v) is 12.6. The van der Waals surface area contributed by atoms with Gasteiger partial charge in [-0.25, -0.2) is 9.97 Å². The van der Waals surface area contributed by atoms with Crippen molar-refractivity contribution in [3.8, 4) is 45.0 Å². The van der Waals surface area contributed by atoms with Gasteiger partial charge >= 0.3 is 0 Å². The van der Waals surface area contributed by atoms with E-state index in [4.69, 9.17) is 9.97 Å². The van der Waals surface area contributed by atoms with Crippen molar-refractivity contribution in [1.82, 2.24) is 9.97 Å². The predicted octanol–water partition coefficient (Wildman–Crippen LogP) is 12.1. The summed E-state index contributed by atoms with van der Waals surface area (Å²) >= 11 is 0. The van der Waals surface area contributed by atoms with E-state index in [0.717, 1.165) is 71.1 Å². The lowest BCUT2D eigenvalue weighted by atomic mass is 9.69. The number of rotatable bonds is 5. The third-order valence-corrected chi connectivity index (χ3v) is 15.6.